The van der Waals surface area contributed by atoms with Gasteiger partial charge in [-0.25, -0.2) is 4.68 Å². The van der Waals surface area contributed by atoms with Crippen LogP contribution in [0.15, 0.2) is 24.3 Å². The van der Waals surface area contributed by atoms with E-state index in [1.165, 1.54) is 16.8 Å². The maximum atomic E-state index is 10.8. The molecule has 1 aromatic heterocycles. The molecule has 0 fully saturated rings. The summed E-state index contributed by atoms with van der Waals surface area (Å²) in [6.45, 7) is 3.47. The molecule has 1 aromatic carbocycles. The van der Waals surface area contributed by atoms with Gasteiger partial charge in [-0.15, -0.1) is 0 Å². The molecule has 7 heteroatoms. The summed E-state index contributed by atoms with van der Waals surface area (Å²) >= 11 is 0. The Morgan fingerprint density at radius 2 is 2.15 bits per heavy atom. The maximum absolute atomic E-state index is 10.8. The molecule has 0 atom stereocenters. The highest BCUT2D eigenvalue weighted by molar-refractivity contribution is 5.71. The summed E-state index contributed by atoms with van der Waals surface area (Å²) in [6.07, 6.45) is -0.118. The standard InChI is InChI=1S/C13H13N3O4/c1-8-12(7-13(17)18)9(2)15(14-8)10-4-3-5-11(6-10)16(19)20/h3-6H,7H2,1-2H3,(H,17,18). The number of carbonyl (C=O) groups is 1. The fraction of sp³-hybridized carbons (Fsp3) is 0.231. The van der Waals surface area contributed by atoms with Gasteiger partial charge in [0.1, 0.15) is 0 Å². The highest BCUT2D eigenvalue weighted by Gasteiger charge is 2.16. The van der Waals surface area contributed by atoms with Crippen molar-refractivity contribution in [3.8, 4) is 5.69 Å². The zero-order chi connectivity index (χ0) is 14.9. The second-order valence-electron chi connectivity index (χ2n) is 4.41. The zero-order valence-electron chi connectivity index (χ0n) is 11.0. The van der Waals surface area contributed by atoms with Crippen molar-refractivity contribution in [1.82, 2.24) is 9.78 Å². The van der Waals surface area contributed by atoms with Crippen LogP contribution in [0.25, 0.3) is 5.69 Å². The first-order valence-electron chi connectivity index (χ1n) is 5.92. The number of carboxylic acids is 1. The molecule has 0 saturated heterocycles. The third-order valence-corrected chi connectivity index (χ3v) is 3.05. The molecule has 0 amide bonds. The molecule has 1 heterocycles. The van der Waals surface area contributed by atoms with Crippen LogP contribution in [0.2, 0.25) is 0 Å². The molecule has 0 radical (unpaired) electrons. The second-order valence-corrected chi connectivity index (χ2v) is 4.41. The van der Waals surface area contributed by atoms with E-state index >= 15 is 0 Å². The van der Waals surface area contributed by atoms with Crippen molar-refractivity contribution in [3.05, 3.63) is 51.3 Å². The van der Waals surface area contributed by atoms with E-state index in [2.05, 4.69) is 5.10 Å². The van der Waals surface area contributed by atoms with Gasteiger partial charge in [-0.1, -0.05) is 6.07 Å². The summed E-state index contributed by atoms with van der Waals surface area (Å²) in [4.78, 5) is 21.1. The van der Waals surface area contributed by atoms with Crippen molar-refractivity contribution in [2.75, 3.05) is 0 Å². The number of nitro groups is 1. The zero-order valence-corrected chi connectivity index (χ0v) is 11.0. The first-order chi connectivity index (χ1) is 9.40. The van der Waals surface area contributed by atoms with Crippen molar-refractivity contribution in [2.45, 2.75) is 20.3 Å². The minimum Gasteiger partial charge on any atom is -0.481 e. The van der Waals surface area contributed by atoms with Crippen LogP contribution in [0, 0.1) is 24.0 Å². The van der Waals surface area contributed by atoms with Crippen molar-refractivity contribution >= 4 is 11.7 Å². The third kappa shape index (κ3) is 2.51. The molecule has 0 saturated carbocycles. The normalized spacial score (nSPS) is 10.5. The number of benzene rings is 1. The van der Waals surface area contributed by atoms with E-state index in [0.717, 1.165) is 0 Å². The Kier molecular flexibility index (Phi) is 3.51. The number of carboxylic acid groups (broad SMARTS) is 1. The Labute approximate surface area is 114 Å². The van der Waals surface area contributed by atoms with Gasteiger partial charge < -0.3 is 5.11 Å². The number of aromatic nitrogens is 2. The molecule has 0 aliphatic heterocycles. The van der Waals surface area contributed by atoms with Gasteiger partial charge in [-0.2, -0.15) is 5.10 Å². The van der Waals surface area contributed by atoms with Gasteiger partial charge in [0, 0.05) is 23.4 Å². The highest BCUT2D eigenvalue weighted by atomic mass is 16.6. The van der Waals surface area contributed by atoms with Gasteiger partial charge in [0.2, 0.25) is 0 Å². The average Bonchev–Trinajstić information content (AvgIpc) is 2.66. The van der Waals surface area contributed by atoms with Crippen LogP contribution in [-0.2, 0) is 11.2 Å². The van der Waals surface area contributed by atoms with Gasteiger partial charge >= 0.3 is 5.97 Å². The van der Waals surface area contributed by atoms with Gasteiger partial charge in [0.05, 0.1) is 22.7 Å². The van der Waals surface area contributed by atoms with Crippen molar-refractivity contribution in [3.63, 3.8) is 0 Å². The lowest BCUT2D eigenvalue weighted by molar-refractivity contribution is -0.384. The average molecular weight is 275 g/mol. The molecule has 0 spiro atoms. The van der Waals surface area contributed by atoms with Crippen LogP contribution in [0.5, 0.6) is 0 Å². The minimum atomic E-state index is -0.935. The Hall–Kier alpha value is -2.70. The molecule has 0 aliphatic carbocycles. The molecule has 7 nitrogen and oxygen atoms in total. The predicted molar refractivity (Wildman–Crippen MR) is 71.0 cm³/mol. The minimum absolute atomic E-state index is 0.0326. The molecule has 2 rings (SSSR count). The summed E-state index contributed by atoms with van der Waals surface area (Å²) in [5.74, 6) is -0.935. The van der Waals surface area contributed by atoms with Gasteiger partial charge in [0.25, 0.3) is 5.69 Å². The van der Waals surface area contributed by atoms with E-state index in [-0.39, 0.29) is 12.1 Å². The number of non-ortho nitro benzene ring substituents is 1. The number of hydrogen-bond acceptors (Lipinski definition) is 4. The summed E-state index contributed by atoms with van der Waals surface area (Å²) in [6, 6.07) is 6.06. The van der Waals surface area contributed by atoms with Gasteiger partial charge in [-0.05, 0) is 19.9 Å². The predicted octanol–water partition coefficient (Wildman–Crippen LogP) is 2.02. The van der Waals surface area contributed by atoms with Gasteiger partial charge in [0.15, 0.2) is 0 Å². The SMILES string of the molecule is Cc1nn(-c2cccc([N+](=O)[O-])c2)c(C)c1CC(=O)O. The van der Waals surface area contributed by atoms with Crippen LogP contribution in [0.3, 0.4) is 0 Å². The van der Waals surface area contributed by atoms with Crippen LogP contribution < -0.4 is 0 Å². The smallest absolute Gasteiger partial charge is 0.307 e. The lowest BCUT2D eigenvalue weighted by Gasteiger charge is -2.04. The van der Waals surface area contributed by atoms with Crippen molar-refractivity contribution in [1.29, 1.82) is 0 Å². The van der Waals surface area contributed by atoms with Crippen molar-refractivity contribution < 1.29 is 14.8 Å². The fourth-order valence-electron chi connectivity index (χ4n) is 2.07. The largest absolute Gasteiger partial charge is 0.481 e. The second kappa shape index (κ2) is 5.12. The molecule has 2 aromatic rings. The number of aryl methyl sites for hydroxylation is 1. The van der Waals surface area contributed by atoms with E-state index < -0.39 is 10.9 Å². The lowest BCUT2D eigenvalue weighted by atomic mass is 10.1. The monoisotopic (exact) mass is 275 g/mol. The number of nitrogens with zero attached hydrogens (tertiary/aromatic N) is 3. The van der Waals surface area contributed by atoms with Gasteiger partial charge in [-0.3, -0.25) is 14.9 Å². The number of nitro benzene ring substituents is 1. The quantitative estimate of drug-likeness (QED) is 0.680. The Morgan fingerprint density at radius 1 is 1.45 bits per heavy atom. The lowest BCUT2D eigenvalue weighted by Crippen LogP contribution is -2.04. The number of aliphatic carboxylic acids is 1. The third-order valence-electron chi connectivity index (χ3n) is 3.05. The Morgan fingerprint density at radius 3 is 2.75 bits per heavy atom. The molecule has 0 aliphatic rings. The molecule has 104 valence electrons. The van der Waals surface area contributed by atoms with Crippen LogP contribution in [0.4, 0.5) is 5.69 Å². The van der Waals surface area contributed by atoms with Crippen LogP contribution in [0.1, 0.15) is 17.0 Å². The van der Waals surface area contributed by atoms with E-state index in [1.807, 2.05) is 0 Å². The molecule has 0 bridgehead atoms. The topological polar surface area (TPSA) is 98.3 Å². The Balaban J connectivity index is 2.51. The summed E-state index contributed by atoms with van der Waals surface area (Å²) < 4.78 is 1.53. The van der Waals surface area contributed by atoms with E-state index in [9.17, 15) is 14.9 Å². The Bertz CT molecular complexity index is 691. The molecule has 0 unspecified atom stereocenters. The summed E-state index contributed by atoms with van der Waals surface area (Å²) in [7, 11) is 0. The number of hydrogen-bond donors (Lipinski definition) is 1. The van der Waals surface area contributed by atoms with Crippen molar-refractivity contribution in [2.24, 2.45) is 0 Å². The molecular weight excluding hydrogens is 262 g/mol. The van der Waals surface area contributed by atoms with E-state index in [4.69, 9.17) is 5.11 Å². The van der Waals surface area contributed by atoms with E-state index in [0.29, 0.717) is 22.6 Å². The van der Waals surface area contributed by atoms with E-state index in [1.54, 1.807) is 26.0 Å². The molecule has 20 heavy (non-hydrogen) atoms. The first kappa shape index (κ1) is 13.7. The first-order valence-corrected chi connectivity index (χ1v) is 5.92. The van der Waals surface area contributed by atoms with Crippen LogP contribution in [-0.4, -0.2) is 25.8 Å². The fourth-order valence-corrected chi connectivity index (χ4v) is 2.07. The maximum Gasteiger partial charge on any atom is 0.307 e. The summed E-state index contributed by atoms with van der Waals surface area (Å²) in [5, 5.41) is 23.9. The molecular formula is C13H13N3O4. The highest BCUT2D eigenvalue weighted by Crippen LogP contribution is 2.21. The summed E-state index contributed by atoms with van der Waals surface area (Å²) in [5.41, 5.74) is 2.41. The molecule has 1 N–H and O–H groups in total. The number of rotatable bonds is 4. The van der Waals surface area contributed by atoms with Crippen LogP contribution >= 0.6 is 0 Å².